The molecule has 19 heavy (non-hydrogen) atoms. The monoisotopic (exact) mass is 287 g/mol. The van der Waals surface area contributed by atoms with Crippen LogP contribution in [0.2, 0.25) is 0 Å². The molecule has 8 heteroatoms. The van der Waals surface area contributed by atoms with Crippen LogP contribution in [0, 0.1) is 6.92 Å². The summed E-state index contributed by atoms with van der Waals surface area (Å²) in [6.45, 7) is 1.84. The number of nitrogens with two attached hydrogens (primary N) is 1. The fourth-order valence-corrected chi connectivity index (χ4v) is 1.84. The summed E-state index contributed by atoms with van der Waals surface area (Å²) in [4.78, 5) is 10.3. The molecule has 0 radical (unpaired) electrons. The second-order valence-corrected chi connectivity index (χ2v) is 5.51. The van der Waals surface area contributed by atoms with E-state index in [2.05, 4.69) is 10.6 Å². The first-order chi connectivity index (χ1) is 8.75. The second-order valence-electron chi connectivity index (χ2n) is 4.09. The zero-order chi connectivity index (χ0) is 14.6. The molecule has 2 rings (SSSR count). The Bertz CT molecular complexity index is 542. The Balaban J connectivity index is 0.000000200. The summed E-state index contributed by atoms with van der Waals surface area (Å²) < 4.78 is 29.6. The Kier molecular flexibility index (Phi) is 5.01. The van der Waals surface area contributed by atoms with Crippen LogP contribution < -0.4 is 16.4 Å². The second kappa shape index (κ2) is 6.11. The van der Waals surface area contributed by atoms with Gasteiger partial charge in [0, 0.05) is 0 Å². The molecule has 1 heterocycles. The quantitative estimate of drug-likeness (QED) is 0.418. The number of aryl methyl sites for hydroxylation is 1. The van der Waals surface area contributed by atoms with Crippen LogP contribution in [0.5, 0.6) is 0 Å². The Morgan fingerprint density at radius 2 is 1.84 bits per heavy atom. The molecule has 1 aliphatic rings. The van der Waals surface area contributed by atoms with Crippen molar-refractivity contribution < 1.29 is 17.8 Å². The van der Waals surface area contributed by atoms with Crippen molar-refractivity contribution >= 4 is 16.0 Å². The molecule has 0 saturated carbocycles. The number of hydrogen-bond donors (Lipinski definition) is 4. The maximum Gasteiger partial charge on any atom is 0.294 e. The van der Waals surface area contributed by atoms with Crippen molar-refractivity contribution in [2.75, 3.05) is 7.05 Å². The molecule has 1 aromatic carbocycles. The van der Waals surface area contributed by atoms with E-state index in [9.17, 15) is 13.2 Å². The SMILES string of the molecule is CN[C@@H]1NC(=O)[C@@H]1N.Cc1ccc(S(=O)(=O)O)cc1. The summed E-state index contributed by atoms with van der Waals surface area (Å²) in [6.07, 6.45) is -0.0116. The number of rotatable bonds is 2. The van der Waals surface area contributed by atoms with E-state index >= 15 is 0 Å². The van der Waals surface area contributed by atoms with Gasteiger partial charge in [0.2, 0.25) is 5.91 Å². The first-order valence-electron chi connectivity index (χ1n) is 5.53. The molecule has 0 bridgehead atoms. The largest absolute Gasteiger partial charge is 0.337 e. The van der Waals surface area contributed by atoms with E-state index in [0.717, 1.165) is 5.56 Å². The average molecular weight is 287 g/mol. The zero-order valence-electron chi connectivity index (χ0n) is 10.6. The molecule has 106 valence electrons. The zero-order valence-corrected chi connectivity index (χ0v) is 11.4. The van der Waals surface area contributed by atoms with Gasteiger partial charge in [0.15, 0.2) is 0 Å². The van der Waals surface area contributed by atoms with Crippen molar-refractivity contribution in [1.82, 2.24) is 10.6 Å². The van der Waals surface area contributed by atoms with Gasteiger partial charge >= 0.3 is 0 Å². The van der Waals surface area contributed by atoms with E-state index in [-0.39, 0.29) is 23.0 Å². The number of carbonyl (C=O) groups is 1. The molecule has 0 spiro atoms. The van der Waals surface area contributed by atoms with E-state index in [1.807, 2.05) is 6.92 Å². The van der Waals surface area contributed by atoms with E-state index in [1.54, 1.807) is 19.2 Å². The summed E-state index contributed by atoms with van der Waals surface area (Å²) in [6, 6.07) is 5.64. The fraction of sp³-hybridized carbons (Fsp3) is 0.364. The molecule has 1 aliphatic heterocycles. The molecule has 0 unspecified atom stereocenters. The van der Waals surface area contributed by atoms with Crippen molar-refractivity contribution in [1.29, 1.82) is 0 Å². The highest BCUT2D eigenvalue weighted by Crippen LogP contribution is 2.08. The van der Waals surface area contributed by atoms with Crippen LogP contribution in [0.1, 0.15) is 5.56 Å². The van der Waals surface area contributed by atoms with Crippen LogP contribution in [-0.2, 0) is 14.9 Å². The smallest absolute Gasteiger partial charge is 0.294 e. The normalized spacial score (nSPS) is 21.8. The molecule has 0 aliphatic carbocycles. The third-order valence-electron chi connectivity index (χ3n) is 2.59. The number of nitrogens with one attached hydrogen (secondary N) is 2. The fourth-order valence-electron chi connectivity index (χ4n) is 1.36. The summed E-state index contributed by atoms with van der Waals surface area (Å²) in [5.74, 6) is -0.0793. The van der Waals surface area contributed by atoms with Crippen LogP contribution in [0.15, 0.2) is 29.2 Å². The lowest BCUT2D eigenvalue weighted by Gasteiger charge is -2.33. The van der Waals surface area contributed by atoms with Crippen molar-refractivity contribution in [3.63, 3.8) is 0 Å². The van der Waals surface area contributed by atoms with E-state index in [4.69, 9.17) is 10.3 Å². The molecule has 7 nitrogen and oxygen atoms in total. The van der Waals surface area contributed by atoms with Gasteiger partial charge in [-0.25, -0.2) is 0 Å². The van der Waals surface area contributed by atoms with Crippen LogP contribution in [-0.4, -0.2) is 38.1 Å². The molecule has 1 fully saturated rings. The molecule has 1 amide bonds. The van der Waals surface area contributed by atoms with Gasteiger partial charge in [-0.15, -0.1) is 0 Å². The minimum atomic E-state index is -4.02. The van der Waals surface area contributed by atoms with Crippen molar-refractivity contribution in [3.05, 3.63) is 29.8 Å². The first kappa shape index (κ1) is 15.6. The summed E-state index contributed by atoms with van der Waals surface area (Å²) >= 11 is 0. The van der Waals surface area contributed by atoms with Gasteiger partial charge < -0.3 is 11.1 Å². The van der Waals surface area contributed by atoms with E-state index in [1.165, 1.54) is 12.1 Å². The Morgan fingerprint density at radius 3 is 2.11 bits per heavy atom. The minimum absolute atomic E-state index is 0.0116. The molecular formula is C11H17N3O4S. The molecule has 1 aromatic rings. The van der Waals surface area contributed by atoms with Crippen molar-refractivity contribution in [2.24, 2.45) is 5.73 Å². The Morgan fingerprint density at radius 1 is 1.32 bits per heavy atom. The van der Waals surface area contributed by atoms with Gasteiger partial charge in [0.25, 0.3) is 10.1 Å². The summed E-state index contributed by atoms with van der Waals surface area (Å²) in [5.41, 5.74) is 6.26. The molecular weight excluding hydrogens is 270 g/mol. The number of likely N-dealkylation sites (N-methyl/N-ethyl adjacent to an activating group) is 1. The van der Waals surface area contributed by atoms with Gasteiger partial charge in [-0.2, -0.15) is 8.42 Å². The number of hydrogen-bond acceptors (Lipinski definition) is 5. The lowest BCUT2D eigenvalue weighted by atomic mass is 10.1. The van der Waals surface area contributed by atoms with Crippen LogP contribution >= 0.6 is 0 Å². The van der Waals surface area contributed by atoms with Gasteiger partial charge in [-0.3, -0.25) is 14.7 Å². The highest BCUT2D eigenvalue weighted by atomic mass is 32.2. The predicted octanol–water partition coefficient (Wildman–Crippen LogP) is -0.769. The van der Waals surface area contributed by atoms with Gasteiger partial charge in [-0.1, -0.05) is 17.7 Å². The summed E-state index contributed by atoms with van der Waals surface area (Å²) in [7, 11) is -2.27. The first-order valence-corrected chi connectivity index (χ1v) is 6.97. The maximum atomic E-state index is 10.5. The summed E-state index contributed by atoms with van der Waals surface area (Å²) in [5, 5.41) is 5.39. The Hall–Kier alpha value is -1.48. The van der Waals surface area contributed by atoms with Gasteiger partial charge in [-0.05, 0) is 26.1 Å². The minimum Gasteiger partial charge on any atom is -0.337 e. The number of β-lactam (4-membered cyclic amide) rings is 1. The molecule has 2 atom stereocenters. The third kappa shape index (κ3) is 4.28. The highest BCUT2D eigenvalue weighted by Gasteiger charge is 2.34. The Labute approximate surface area is 111 Å². The van der Waals surface area contributed by atoms with Crippen LogP contribution in [0.3, 0.4) is 0 Å². The highest BCUT2D eigenvalue weighted by molar-refractivity contribution is 7.85. The van der Waals surface area contributed by atoms with E-state index in [0.29, 0.717) is 0 Å². The molecule has 1 saturated heterocycles. The lowest BCUT2D eigenvalue weighted by Crippen LogP contribution is -2.71. The van der Waals surface area contributed by atoms with Gasteiger partial charge in [0.05, 0.1) is 4.90 Å². The maximum absolute atomic E-state index is 10.5. The number of benzene rings is 1. The number of carbonyl (C=O) groups excluding carboxylic acids is 1. The van der Waals surface area contributed by atoms with Crippen molar-refractivity contribution in [2.45, 2.75) is 24.0 Å². The van der Waals surface area contributed by atoms with Crippen LogP contribution in [0.25, 0.3) is 0 Å². The average Bonchev–Trinajstić information content (AvgIpc) is 2.35. The van der Waals surface area contributed by atoms with Crippen molar-refractivity contribution in [3.8, 4) is 0 Å². The van der Waals surface area contributed by atoms with Crippen LogP contribution in [0.4, 0.5) is 0 Å². The lowest BCUT2D eigenvalue weighted by molar-refractivity contribution is -0.130. The number of amides is 1. The third-order valence-corrected chi connectivity index (χ3v) is 3.46. The van der Waals surface area contributed by atoms with Gasteiger partial charge in [0.1, 0.15) is 12.2 Å². The predicted molar refractivity (Wildman–Crippen MR) is 70.0 cm³/mol. The standard InChI is InChI=1S/C7H8O3S.C4H9N3O/c1-6-2-4-7(5-3-6)11(8,9)10;1-6-3-2(5)4(8)7-3/h2-5H,1H3,(H,8,9,10);2-3,6H,5H2,1H3,(H,7,8)/t;2-,3-/m.1/s1. The van der Waals surface area contributed by atoms with E-state index < -0.39 is 10.1 Å². The molecule has 5 N–H and O–H groups in total. The topological polar surface area (TPSA) is 122 Å². The molecule has 0 aromatic heterocycles.